The lowest BCUT2D eigenvalue weighted by molar-refractivity contribution is -0.148. The predicted octanol–water partition coefficient (Wildman–Crippen LogP) is 2.04. The number of rotatable bonds is 4. The molecule has 1 aliphatic rings. The molecule has 0 amide bonds. The maximum atomic E-state index is 13.2. The Morgan fingerprint density at radius 2 is 2.24 bits per heavy atom. The molecule has 0 saturated heterocycles. The first-order valence-electron chi connectivity index (χ1n) is 5.65. The van der Waals surface area contributed by atoms with Gasteiger partial charge in [-0.1, -0.05) is 12.1 Å². The molecule has 1 fully saturated rings. The zero-order chi connectivity index (χ0) is 12.5. The molecule has 1 aromatic carbocycles. The van der Waals surface area contributed by atoms with Crippen LogP contribution in [0.2, 0.25) is 0 Å². The standard InChI is InChI=1S/C13H16FNO2/c1-15-11(9-4-3-5-10(14)8-9)13(6-7-13)12(16)17-2/h3-5,8,11,15H,6-7H2,1-2H3. The van der Waals surface area contributed by atoms with Crippen molar-refractivity contribution in [2.24, 2.45) is 5.41 Å². The lowest BCUT2D eigenvalue weighted by atomic mass is 9.90. The molecule has 0 aromatic heterocycles. The highest BCUT2D eigenvalue weighted by molar-refractivity contribution is 5.81. The first kappa shape index (κ1) is 12.0. The number of halogens is 1. The van der Waals surface area contributed by atoms with Crippen molar-refractivity contribution in [1.29, 1.82) is 0 Å². The van der Waals surface area contributed by atoms with Crippen molar-refractivity contribution in [1.82, 2.24) is 5.32 Å². The second kappa shape index (κ2) is 4.45. The largest absolute Gasteiger partial charge is 0.469 e. The van der Waals surface area contributed by atoms with Gasteiger partial charge in [0, 0.05) is 6.04 Å². The van der Waals surface area contributed by atoms with Crippen LogP contribution < -0.4 is 5.32 Å². The fourth-order valence-electron chi connectivity index (χ4n) is 2.40. The lowest BCUT2D eigenvalue weighted by Crippen LogP contribution is -2.33. The Hall–Kier alpha value is -1.42. The fraction of sp³-hybridized carbons (Fsp3) is 0.462. The van der Waals surface area contributed by atoms with E-state index in [4.69, 9.17) is 4.74 Å². The molecule has 0 aliphatic heterocycles. The van der Waals surface area contributed by atoms with E-state index >= 15 is 0 Å². The molecular weight excluding hydrogens is 221 g/mol. The van der Waals surface area contributed by atoms with E-state index in [1.54, 1.807) is 13.1 Å². The van der Waals surface area contributed by atoms with Gasteiger partial charge in [0.2, 0.25) is 0 Å². The van der Waals surface area contributed by atoms with E-state index in [0.717, 1.165) is 18.4 Å². The van der Waals surface area contributed by atoms with Crippen molar-refractivity contribution in [2.45, 2.75) is 18.9 Å². The highest BCUT2D eigenvalue weighted by Crippen LogP contribution is 2.55. The summed E-state index contributed by atoms with van der Waals surface area (Å²) in [6, 6.07) is 6.15. The lowest BCUT2D eigenvalue weighted by Gasteiger charge is -2.24. The molecule has 0 spiro atoms. The Kier molecular flexibility index (Phi) is 3.15. The molecule has 0 radical (unpaired) electrons. The predicted molar refractivity (Wildman–Crippen MR) is 61.9 cm³/mol. The molecule has 4 heteroatoms. The summed E-state index contributed by atoms with van der Waals surface area (Å²) < 4.78 is 18.1. The number of nitrogens with one attached hydrogen (secondary N) is 1. The van der Waals surface area contributed by atoms with Gasteiger partial charge in [-0.05, 0) is 37.6 Å². The van der Waals surface area contributed by atoms with Crippen LogP contribution in [0.1, 0.15) is 24.4 Å². The molecule has 1 saturated carbocycles. The number of carbonyl (C=O) groups excluding carboxylic acids is 1. The number of benzene rings is 1. The molecule has 1 atom stereocenters. The third-order valence-electron chi connectivity index (χ3n) is 3.40. The summed E-state index contributed by atoms with van der Waals surface area (Å²) in [6.45, 7) is 0. The summed E-state index contributed by atoms with van der Waals surface area (Å²) in [5.74, 6) is -0.510. The smallest absolute Gasteiger partial charge is 0.313 e. The number of hydrogen-bond donors (Lipinski definition) is 1. The van der Waals surface area contributed by atoms with Crippen LogP contribution >= 0.6 is 0 Å². The molecule has 0 heterocycles. The van der Waals surface area contributed by atoms with Crippen LogP contribution in [0, 0.1) is 11.2 Å². The van der Waals surface area contributed by atoms with Crippen molar-refractivity contribution in [3.63, 3.8) is 0 Å². The van der Waals surface area contributed by atoms with Crippen LogP contribution in [0.15, 0.2) is 24.3 Å². The van der Waals surface area contributed by atoms with E-state index in [-0.39, 0.29) is 17.8 Å². The van der Waals surface area contributed by atoms with Crippen LogP contribution in [0.3, 0.4) is 0 Å². The average Bonchev–Trinajstić information content (AvgIpc) is 3.11. The number of esters is 1. The quantitative estimate of drug-likeness (QED) is 0.814. The Balaban J connectivity index is 2.31. The minimum Gasteiger partial charge on any atom is -0.469 e. The van der Waals surface area contributed by atoms with E-state index in [1.807, 2.05) is 6.07 Å². The van der Waals surface area contributed by atoms with E-state index in [2.05, 4.69) is 5.32 Å². The summed E-state index contributed by atoms with van der Waals surface area (Å²) in [6.07, 6.45) is 1.56. The van der Waals surface area contributed by atoms with E-state index < -0.39 is 5.41 Å². The Bertz CT molecular complexity index is 429. The van der Waals surface area contributed by atoms with Crippen LogP contribution in [-0.2, 0) is 9.53 Å². The first-order valence-corrected chi connectivity index (χ1v) is 5.65. The Labute approximate surface area is 100.0 Å². The fourth-order valence-corrected chi connectivity index (χ4v) is 2.40. The minimum absolute atomic E-state index is 0.189. The Morgan fingerprint density at radius 3 is 2.71 bits per heavy atom. The zero-order valence-electron chi connectivity index (χ0n) is 10.00. The normalized spacial score (nSPS) is 18.5. The van der Waals surface area contributed by atoms with Gasteiger partial charge < -0.3 is 10.1 Å². The summed E-state index contributed by atoms with van der Waals surface area (Å²) in [5, 5.41) is 3.10. The van der Waals surface area contributed by atoms with Crippen molar-refractivity contribution >= 4 is 5.97 Å². The molecule has 92 valence electrons. The van der Waals surface area contributed by atoms with Crippen molar-refractivity contribution in [2.75, 3.05) is 14.2 Å². The number of hydrogen-bond acceptors (Lipinski definition) is 3. The molecule has 2 rings (SSSR count). The molecule has 1 unspecified atom stereocenters. The van der Waals surface area contributed by atoms with Crippen LogP contribution in [-0.4, -0.2) is 20.1 Å². The molecule has 3 nitrogen and oxygen atoms in total. The van der Waals surface area contributed by atoms with Gasteiger partial charge in [-0.2, -0.15) is 0 Å². The third kappa shape index (κ3) is 2.05. The molecule has 1 aliphatic carbocycles. The minimum atomic E-state index is -0.517. The van der Waals surface area contributed by atoms with Gasteiger partial charge >= 0.3 is 5.97 Å². The zero-order valence-corrected chi connectivity index (χ0v) is 10.00. The van der Waals surface area contributed by atoms with Crippen molar-refractivity contribution in [3.8, 4) is 0 Å². The van der Waals surface area contributed by atoms with Crippen LogP contribution in [0.5, 0.6) is 0 Å². The van der Waals surface area contributed by atoms with Gasteiger partial charge in [0.15, 0.2) is 0 Å². The van der Waals surface area contributed by atoms with Gasteiger partial charge in [-0.15, -0.1) is 0 Å². The monoisotopic (exact) mass is 237 g/mol. The van der Waals surface area contributed by atoms with E-state index in [1.165, 1.54) is 19.2 Å². The van der Waals surface area contributed by atoms with E-state index in [9.17, 15) is 9.18 Å². The molecule has 17 heavy (non-hydrogen) atoms. The maximum absolute atomic E-state index is 13.2. The number of ether oxygens (including phenoxy) is 1. The average molecular weight is 237 g/mol. The number of methoxy groups -OCH3 is 1. The van der Waals surface area contributed by atoms with Gasteiger partial charge in [0.05, 0.1) is 12.5 Å². The first-order chi connectivity index (χ1) is 8.14. The van der Waals surface area contributed by atoms with Gasteiger partial charge in [-0.25, -0.2) is 4.39 Å². The van der Waals surface area contributed by atoms with Crippen molar-refractivity contribution in [3.05, 3.63) is 35.6 Å². The van der Waals surface area contributed by atoms with Gasteiger partial charge in [0.25, 0.3) is 0 Å². The highest BCUT2D eigenvalue weighted by atomic mass is 19.1. The molecule has 1 N–H and O–H groups in total. The maximum Gasteiger partial charge on any atom is 0.313 e. The van der Waals surface area contributed by atoms with E-state index in [0.29, 0.717) is 0 Å². The highest BCUT2D eigenvalue weighted by Gasteiger charge is 2.56. The SMILES string of the molecule is CNC(c1cccc(F)c1)C1(C(=O)OC)CC1. The molecule has 0 bridgehead atoms. The second-order valence-electron chi connectivity index (χ2n) is 4.42. The molecular formula is C13H16FNO2. The second-order valence-corrected chi connectivity index (χ2v) is 4.42. The van der Waals surface area contributed by atoms with Crippen LogP contribution in [0.25, 0.3) is 0 Å². The van der Waals surface area contributed by atoms with Crippen molar-refractivity contribution < 1.29 is 13.9 Å². The third-order valence-corrected chi connectivity index (χ3v) is 3.40. The van der Waals surface area contributed by atoms with Gasteiger partial charge in [0.1, 0.15) is 5.82 Å². The summed E-state index contributed by atoms with van der Waals surface area (Å²) in [5.41, 5.74) is 0.271. The molecule has 1 aromatic rings. The van der Waals surface area contributed by atoms with Crippen LogP contribution in [0.4, 0.5) is 4.39 Å². The topological polar surface area (TPSA) is 38.3 Å². The van der Waals surface area contributed by atoms with Gasteiger partial charge in [-0.3, -0.25) is 4.79 Å². The summed E-state index contributed by atoms with van der Waals surface area (Å²) in [4.78, 5) is 11.8. The summed E-state index contributed by atoms with van der Waals surface area (Å²) in [7, 11) is 3.17. The number of carbonyl (C=O) groups is 1. The summed E-state index contributed by atoms with van der Waals surface area (Å²) >= 11 is 0. The Morgan fingerprint density at radius 1 is 1.53 bits per heavy atom.